The van der Waals surface area contributed by atoms with Gasteiger partial charge in [-0.3, -0.25) is 9.78 Å². The van der Waals surface area contributed by atoms with Crippen LogP contribution in [0.3, 0.4) is 0 Å². The minimum Gasteiger partial charge on any atom is -0.497 e. The predicted molar refractivity (Wildman–Crippen MR) is 94.8 cm³/mol. The highest BCUT2D eigenvalue weighted by Crippen LogP contribution is 2.22. The van der Waals surface area contributed by atoms with E-state index in [0.29, 0.717) is 5.56 Å². The molecule has 3 heteroatoms. The van der Waals surface area contributed by atoms with Gasteiger partial charge in [0.25, 0.3) is 0 Å². The van der Waals surface area contributed by atoms with E-state index in [1.54, 1.807) is 31.7 Å². The average Bonchev–Trinajstić information content (AvgIpc) is 2.59. The highest BCUT2D eigenvalue weighted by atomic mass is 16.5. The van der Waals surface area contributed by atoms with Crippen LogP contribution in [0.25, 0.3) is 16.8 Å². The normalized spacial score (nSPS) is 10.5. The van der Waals surface area contributed by atoms with Crippen molar-refractivity contribution in [2.75, 3.05) is 7.11 Å². The molecular formula is C20H19NO2. The number of hydrogen-bond donors (Lipinski definition) is 0. The highest BCUT2D eigenvalue weighted by Gasteiger charge is 2.04. The molecule has 0 unspecified atom stereocenters. The molecule has 1 heterocycles. The van der Waals surface area contributed by atoms with Crippen LogP contribution in [0.4, 0.5) is 0 Å². The number of ketones is 1. The zero-order valence-corrected chi connectivity index (χ0v) is 12.2. The molecule has 0 aliphatic carbocycles. The molecule has 1 aromatic heterocycles. The first-order valence-corrected chi connectivity index (χ1v) is 6.96. The van der Waals surface area contributed by atoms with Gasteiger partial charge >= 0.3 is 0 Å². The molecule has 0 saturated carbocycles. The number of carbonyl (C=O) groups excluding carboxylic acids is 1. The summed E-state index contributed by atoms with van der Waals surface area (Å²) in [6.45, 7) is 0. The zero-order valence-electron chi connectivity index (χ0n) is 12.2. The lowest BCUT2D eigenvalue weighted by atomic mass is 10.0. The number of pyridine rings is 1. The van der Waals surface area contributed by atoms with Gasteiger partial charge < -0.3 is 4.74 Å². The Balaban J connectivity index is 0.00000192. The van der Waals surface area contributed by atoms with Gasteiger partial charge in [-0.25, -0.2) is 0 Å². The Hall–Kier alpha value is -2.94. The SMILES string of the molecule is C.COc1ccc2cc(C(=O)/C=C/c3cccnc3)ccc2c1. The first-order chi connectivity index (χ1) is 10.8. The molecule has 0 N–H and O–H groups in total. The van der Waals surface area contributed by atoms with E-state index in [0.717, 1.165) is 22.1 Å². The highest BCUT2D eigenvalue weighted by molar-refractivity contribution is 6.08. The lowest BCUT2D eigenvalue weighted by molar-refractivity contribution is 0.104. The monoisotopic (exact) mass is 305 g/mol. The summed E-state index contributed by atoms with van der Waals surface area (Å²) in [7, 11) is 1.64. The minimum absolute atomic E-state index is 0. The van der Waals surface area contributed by atoms with Crippen molar-refractivity contribution in [3.63, 3.8) is 0 Å². The van der Waals surface area contributed by atoms with Crippen molar-refractivity contribution >= 4 is 22.6 Å². The van der Waals surface area contributed by atoms with E-state index in [9.17, 15) is 4.79 Å². The van der Waals surface area contributed by atoms with Gasteiger partial charge in [-0.2, -0.15) is 0 Å². The number of hydrogen-bond acceptors (Lipinski definition) is 3. The van der Waals surface area contributed by atoms with Gasteiger partial charge in [-0.15, -0.1) is 0 Å². The number of rotatable bonds is 4. The van der Waals surface area contributed by atoms with Gasteiger partial charge in [-0.05, 0) is 52.8 Å². The van der Waals surface area contributed by atoms with Crippen LogP contribution in [0.5, 0.6) is 5.75 Å². The van der Waals surface area contributed by atoms with Crippen molar-refractivity contribution in [3.8, 4) is 5.75 Å². The summed E-state index contributed by atoms with van der Waals surface area (Å²) in [5, 5.41) is 2.06. The summed E-state index contributed by atoms with van der Waals surface area (Å²) in [6, 6.07) is 15.2. The summed E-state index contributed by atoms with van der Waals surface area (Å²) < 4.78 is 5.20. The topological polar surface area (TPSA) is 39.2 Å². The first-order valence-electron chi connectivity index (χ1n) is 6.96. The molecule has 0 bridgehead atoms. The van der Waals surface area contributed by atoms with Gasteiger partial charge in [0.2, 0.25) is 0 Å². The third kappa shape index (κ3) is 3.83. The van der Waals surface area contributed by atoms with Gasteiger partial charge in [0.15, 0.2) is 5.78 Å². The van der Waals surface area contributed by atoms with Crippen molar-refractivity contribution < 1.29 is 9.53 Å². The number of aromatic nitrogens is 1. The first kappa shape index (κ1) is 16.4. The lowest BCUT2D eigenvalue weighted by Crippen LogP contribution is -1.94. The van der Waals surface area contributed by atoms with Crippen LogP contribution in [0, 0.1) is 0 Å². The molecule has 116 valence electrons. The van der Waals surface area contributed by atoms with Crippen molar-refractivity contribution in [1.82, 2.24) is 4.98 Å². The van der Waals surface area contributed by atoms with Crippen molar-refractivity contribution in [2.24, 2.45) is 0 Å². The number of allylic oxidation sites excluding steroid dienone is 1. The average molecular weight is 305 g/mol. The summed E-state index contributed by atoms with van der Waals surface area (Å²) in [5.41, 5.74) is 1.57. The molecule has 2 aromatic carbocycles. The molecule has 0 aliphatic rings. The van der Waals surface area contributed by atoms with E-state index >= 15 is 0 Å². The summed E-state index contributed by atoms with van der Waals surface area (Å²) in [6.07, 6.45) is 6.77. The Bertz CT molecular complexity index is 839. The van der Waals surface area contributed by atoms with E-state index in [1.165, 1.54) is 0 Å². The Kier molecular flexibility index (Phi) is 5.26. The second kappa shape index (κ2) is 7.36. The quantitative estimate of drug-likeness (QED) is 0.514. The largest absolute Gasteiger partial charge is 0.497 e. The van der Waals surface area contributed by atoms with Crippen molar-refractivity contribution in [2.45, 2.75) is 7.43 Å². The van der Waals surface area contributed by atoms with Gasteiger partial charge in [-0.1, -0.05) is 31.7 Å². The van der Waals surface area contributed by atoms with Crippen LogP contribution in [0.15, 0.2) is 67.0 Å². The third-order valence-electron chi connectivity index (χ3n) is 3.44. The lowest BCUT2D eigenvalue weighted by Gasteiger charge is -2.04. The van der Waals surface area contributed by atoms with Crippen LogP contribution >= 0.6 is 0 Å². The van der Waals surface area contributed by atoms with E-state index in [2.05, 4.69) is 4.98 Å². The van der Waals surface area contributed by atoms with E-state index < -0.39 is 0 Å². The van der Waals surface area contributed by atoms with Crippen LogP contribution in [0.2, 0.25) is 0 Å². The number of fused-ring (bicyclic) bond motifs is 1. The van der Waals surface area contributed by atoms with Crippen LogP contribution < -0.4 is 4.74 Å². The minimum atomic E-state index is -0.0263. The standard InChI is InChI=1S/C19H15NO2.CH4/c1-22-18-8-7-15-11-17(6-5-16(15)12-18)19(21)9-4-14-3-2-10-20-13-14;/h2-13H,1H3;1H4/b9-4+;. The third-order valence-corrected chi connectivity index (χ3v) is 3.44. The summed E-state index contributed by atoms with van der Waals surface area (Å²) in [5.74, 6) is 0.782. The van der Waals surface area contributed by atoms with E-state index in [1.807, 2.05) is 48.5 Å². The maximum Gasteiger partial charge on any atom is 0.185 e. The number of ether oxygens (including phenoxy) is 1. The Labute approximate surface area is 136 Å². The molecule has 3 rings (SSSR count). The Morgan fingerprint density at radius 1 is 1.09 bits per heavy atom. The maximum absolute atomic E-state index is 12.3. The van der Waals surface area contributed by atoms with Crippen molar-refractivity contribution in [1.29, 1.82) is 0 Å². The molecule has 23 heavy (non-hydrogen) atoms. The van der Waals surface area contributed by atoms with Crippen LogP contribution in [0.1, 0.15) is 23.3 Å². The fraction of sp³-hybridized carbons (Fsp3) is 0.100. The van der Waals surface area contributed by atoms with Crippen LogP contribution in [-0.2, 0) is 0 Å². The van der Waals surface area contributed by atoms with E-state index in [-0.39, 0.29) is 13.2 Å². The molecule has 0 saturated heterocycles. The van der Waals surface area contributed by atoms with E-state index in [4.69, 9.17) is 4.74 Å². The molecule has 0 atom stereocenters. The molecule has 0 amide bonds. The molecular weight excluding hydrogens is 286 g/mol. The number of methoxy groups -OCH3 is 1. The summed E-state index contributed by atoms with van der Waals surface area (Å²) in [4.78, 5) is 16.3. The summed E-state index contributed by atoms with van der Waals surface area (Å²) >= 11 is 0. The fourth-order valence-electron chi connectivity index (χ4n) is 2.25. The molecule has 0 spiro atoms. The molecule has 0 radical (unpaired) electrons. The molecule has 3 nitrogen and oxygen atoms in total. The van der Waals surface area contributed by atoms with Crippen molar-refractivity contribution in [3.05, 3.63) is 78.1 Å². The molecule has 0 aliphatic heterocycles. The van der Waals surface area contributed by atoms with Gasteiger partial charge in [0.1, 0.15) is 5.75 Å². The van der Waals surface area contributed by atoms with Gasteiger partial charge in [0.05, 0.1) is 7.11 Å². The maximum atomic E-state index is 12.3. The number of benzene rings is 2. The zero-order chi connectivity index (χ0) is 15.4. The predicted octanol–water partition coefficient (Wildman–Crippen LogP) is 4.78. The molecule has 3 aromatic rings. The number of nitrogens with zero attached hydrogens (tertiary/aromatic N) is 1. The Morgan fingerprint density at radius 2 is 1.87 bits per heavy atom. The molecule has 0 fully saturated rings. The number of carbonyl (C=O) groups is 1. The second-order valence-corrected chi connectivity index (χ2v) is 4.91. The smallest absolute Gasteiger partial charge is 0.185 e. The van der Waals surface area contributed by atoms with Crippen LogP contribution in [-0.4, -0.2) is 17.9 Å². The Morgan fingerprint density at radius 3 is 2.61 bits per heavy atom. The van der Waals surface area contributed by atoms with Gasteiger partial charge in [0, 0.05) is 18.0 Å². The fourth-order valence-corrected chi connectivity index (χ4v) is 2.25. The second-order valence-electron chi connectivity index (χ2n) is 4.91.